The summed E-state index contributed by atoms with van der Waals surface area (Å²) in [6.07, 6.45) is 0. The Morgan fingerprint density at radius 3 is 3.06 bits per heavy atom. The van der Waals surface area contributed by atoms with Gasteiger partial charge in [0.05, 0.1) is 17.8 Å². The van der Waals surface area contributed by atoms with Crippen molar-refractivity contribution in [1.29, 1.82) is 0 Å². The molecular weight excluding hydrogens is 234 g/mol. The van der Waals surface area contributed by atoms with E-state index in [0.717, 1.165) is 47.9 Å². The first-order chi connectivity index (χ1) is 8.29. The van der Waals surface area contributed by atoms with Crippen molar-refractivity contribution < 1.29 is 4.42 Å². The van der Waals surface area contributed by atoms with Crippen LogP contribution in [0.1, 0.15) is 11.5 Å². The highest BCUT2D eigenvalue weighted by atomic mass is 35.5. The summed E-state index contributed by atoms with van der Waals surface area (Å²) in [5, 5.41) is 3.95. The molecule has 3 nitrogen and oxygen atoms in total. The molecule has 1 aromatic carbocycles. The molecular formula is C12H12BClN2O. The van der Waals surface area contributed by atoms with Gasteiger partial charge in [0.25, 0.3) is 0 Å². The second-order valence-electron chi connectivity index (χ2n) is 4.12. The number of hydrogen-bond acceptors (Lipinski definition) is 3. The van der Waals surface area contributed by atoms with E-state index in [-0.39, 0.29) is 0 Å². The van der Waals surface area contributed by atoms with Gasteiger partial charge in [0.2, 0.25) is 5.89 Å². The molecule has 0 atom stereocenters. The molecule has 2 heterocycles. The van der Waals surface area contributed by atoms with Gasteiger partial charge in [-0.1, -0.05) is 36.0 Å². The first kappa shape index (κ1) is 10.9. The minimum absolute atomic E-state index is 0.636. The summed E-state index contributed by atoms with van der Waals surface area (Å²) in [5.41, 5.74) is 3.01. The van der Waals surface area contributed by atoms with Gasteiger partial charge in [-0.2, -0.15) is 0 Å². The van der Waals surface area contributed by atoms with Gasteiger partial charge in [-0.25, -0.2) is 4.98 Å². The first-order valence-electron chi connectivity index (χ1n) is 5.76. The van der Waals surface area contributed by atoms with Gasteiger partial charge >= 0.3 is 0 Å². The van der Waals surface area contributed by atoms with Crippen molar-refractivity contribution in [2.24, 2.45) is 0 Å². The number of fused-ring (bicyclic) bond motifs is 1. The maximum atomic E-state index is 6.35. The largest absolute Gasteiger partial charge is 0.439 e. The van der Waals surface area contributed by atoms with Crippen molar-refractivity contribution in [1.82, 2.24) is 10.3 Å². The third-order valence-electron chi connectivity index (χ3n) is 3.05. The lowest BCUT2D eigenvalue weighted by molar-refractivity contribution is 0.511. The summed E-state index contributed by atoms with van der Waals surface area (Å²) < 4.78 is 5.73. The fourth-order valence-electron chi connectivity index (χ4n) is 2.09. The van der Waals surface area contributed by atoms with Gasteiger partial charge in [0, 0.05) is 11.6 Å². The lowest BCUT2D eigenvalue weighted by Gasteiger charge is -2.04. The highest BCUT2D eigenvalue weighted by Gasteiger charge is 2.20. The zero-order valence-corrected chi connectivity index (χ0v) is 10.3. The van der Waals surface area contributed by atoms with Crippen LogP contribution < -0.4 is 10.8 Å². The van der Waals surface area contributed by atoms with Crippen LogP contribution in [-0.4, -0.2) is 12.3 Å². The predicted molar refractivity (Wildman–Crippen MR) is 70.1 cm³/mol. The standard InChI is InChI=1S/C12H12BClN2O/c1-13-8-4-2-3-7(11(8)14)12-16-9-5-15-6-10(9)17-12/h2-4,13,15H,5-6H2,1H3. The number of aromatic nitrogens is 1. The minimum Gasteiger partial charge on any atom is -0.439 e. The quantitative estimate of drug-likeness (QED) is 0.820. The molecule has 0 spiro atoms. The topological polar surface area (TPSA) is 38.1 Å². The van der Waals surface area contributed by atoms with E-state index in [2.05, 4.69) is 17.1 Å². The predicted octanol–water partition coefficient (Wildman–Crippen LogP) is 1.71. The highest BCUT2D eigenvalue weighted by molar-refractivity contribution is 6.58. The Morgan fingerprint density at radius 1 is 1.41 bits per heavy atom. The molecule has 0 aliphatic carbocycles. The number of nitrogens with one attached hydrogen (secondary N) is 1. The Balaban J connectivity index is 2.08. The number of nitrogens with zero attached hydrogens (tertiary/aromatic N) is 1. The van der Waals surface area contributed by atoms with Crippen LogP contribution in [0.5, 0.6) is 0 Å². The van der Waals surface area contributed by atoms with Crippen LogP contribution in [0.3, 0.4) is 0 Å². The van der Waals surface area contributed by atoms with Crippen LogP contribution in [0.4, 0.5) is 0 Å². The highest BCUT2D eigenvalue weighted by Crippen LogP contribution is 2.28. The number of hydrogen-bond donors (Lipinski definition) is 1. The molecule has 0 saturated carbocycles. The van der Waals surface area contributed by atoms with Gasteiger partial charge < -0.3 is 9.73 Å². The Hall–Kier alpha value is -1.26. The van der Waals surface area contributed by atoms with Crippen LogP contribution in [0, 0.1) is 0 Å². The zero-order valence-electron chi connectivity index (χ0n) is 9.59. The fraction of sp³-hybridized carbons (Fsp3) is 0.250. The molecule has 2 aromatic rings. The monoisotopic (exact) mass is 246 g/mol. The molecule has 86 valence electrons. The molecule has 5 heteroatoms. The molecule has 0 saturated heterocycles. The fourth-order valence-corrected chi connectivity index (χ4v) is 2.43. The van der Waals surface area contributed by atoms with E-state index >= 15 is 0 Å². The number of benzene rings is 1. The van der Waals surface area contributed by atoms with Crippen LogP contribution in [0.25, 0.3) is 11.5 Å². The van der Waals surface area contributed by atoms with Gasteiger partial charge in [-0.05, 0) is 6.07 Å². The van der Waals surface area contributed by atoms with Gasteiger partial charge in [-0.15, -0.1) is 0 Å². The Labute approximate surface area is 105 Å². The van der Waals surface area contributed by atoms with Crippen LogP contribution >= 0.6 is 11.6 Å². The number of oxazole rings is 1. The third-order valence-corrected chi connectivity index (χ3v) is 3.49. The van der Waals surface area contributed by atoms with E-state index in [1.807, 2.05) is 18.2 Å². The van der Waals surface area contributed by atoms with Gasteiger partial charge in [-0.3, -0.25) is 0 Å². The lowest BCUT2D eigenvalue weighted by Crippen LogP contribution is -2.12. The molecule has 1 aliphatic heterocycles. The second-order valence-corrected chi connectivity index (χ2v) is 4.50. The van der Waals surface area contributed by atoms with E-state index in [9.17, 15) is 0 Å². The van der Waals surface area contributed by atoms with Crippen molar-refractivity contribution in [3.63, 3.8) is 0 Å². The average molecular weight is 247 g/mol. The van der Waals surface area contributed by atoms with Crippen molar-refractivity contribution in [3.05, 3.63) is 34.7 Å². The average Bonchev–Trinajstić information content (AvgIpc) is 2.89. The zero-order chi connectivity index (χ0) is 11.8. The summed E-state index contributed by atoms with van der Waals surface area (Å²) in [5.74, 6) is 1.56. The van der Waals surface area contributed by atoms with Crippen LogP contribution in [0.15, 0.2) is 22.6 Å². The molecule has 0 fully saturated rings. The molecule has 17 heavy (non-hydrogen) atoms. The maximum Gasteiger partial charge on any atom is 0.228 e. The Morgan fingerprint density at radius 2 is 2.29 bits per heavy atom. The minimum atomic E-state index is 0.636. The molecule has 1 aliphatic rings. The van der Waals surface area contributed by atoms with Crippen LogP contribution in [-0.2, 0) is 13.1 Å². The smallest absolute Gasteiger partial charge is 0.228 e. The van der Waals surface area contributed by atoms with Gasteiger partial charge in [0.15, 0.2) is 7.28 Å². The molecule has 1 N–H and O–H groups in total. The summed E-state index contributed by atoms with van der Waals surface area (Å²) in [6, 6.07) is 5.98. The molecule has 0 radical (unpaired) electrons. The van der Waals surface area contributed by atoms with Crippen molar-refractivity contribution >= 4 is 24.3 Å². The Kier molecular flexibility index (Phi) is 2.69. The number of halogens is 1. The summed E-state index contributed by atoms with van der Waals surface area (Å²) >= 11 is 6.35. The second kappa shape index (κ2) is 4.20. The van der Waals surface area contributed by atoms with Crippen molar-refractivity contribution in [2.75, 3.05) is 0 Å². The summed E-state index contributed by atoms with van der Waals surface area (Å²) in [7, 11) is 0.911. The van der Waals surface area contributed by atoms with E-state index in [4.69, 9.17) is 16.0 Å². The molecule has 0 bridgehead atoms. The maximum absolute atomic E-state index is 6.35. The Bertz CT molecular complexity index is 546. The van der Waals surface area contributed by atoms with E-state index < -0.39 is 0 Å². The normalized spacial score (nSPS) is 13.8. The number of rotatable bonds is 2. The molecule has 3 rings (SSSR count). The SMILES string of the molecule is CBc1cccc(-c2nc3c(o2)CNC3)c1Cl. The van der Waals surface area contributed by atoms with E-state index in [1.54, 1.807) is 0 Å². The van der Waals surface area contributed by atoms with E-state index in [1.165, 1.54) is 0 Å². The third kappa shape index (κ3) is 1.77. The first-order valence-corrected chi connectivity index (χ1v) is 6.14. The van der Waals surface area contributed by atoms with Crippen LogP contribution in [0.2, 0.25) is 11.8 Å². The summed E-state index contributed by atoms with van der Waals surface area (Å²) in [6.45, 7) is 3.63. The molecule has 0 amide bonds. The lowest BCUT2D eigenvalue weighted by atomic mass is 9.73. The van der Waals surface area contributed by atoms with Gasteiger partial charge in [0.1, 0.15) is 5.76 Å². The summed E-state index contributed by atoms with van der Waals surface area (Å²) in [4.78, 5) is 4.48. The molecule has 1 aromatic heterocycles. The van der Waals surface area contributed by atoms with E-state index in [0.29, 0.717) is 5.89 Å². The van der Waals surface area contributed by atoms with Crippen molar-refractivity contribution in [3.8, 4) is 11.5 Å². The van der Waals surface area contributed by atoms with Crippen molar-refractivity contribution in [2.45, 2.75) is 19.9 Å². The molecule has 0 unspecified atom stereocenters.